The maximum atomic E-state index is 13.0. The van der Waals surface area contributed by atoms with Crippen molar-refractivity contribution in [3.8, 4) is 0 Å². The van der Waals surface area contributed by atoms with E-state index in [9.17, 15) is 9.59 Å². The molecular formula is C22H22N4O3. The monoisotopic (exact) mass is 390 g/mol. The molecule has 1 aromatic carbocycles. The number of benzene rings is 1. The summed E-state index contributed by atoms with van der Waals surface area (Å²) in [6.45, 7) is 3.04. The molecule has 0 atom stereocenters. The molecule has 148 valence electrons. The molecule has 0 saturated heterocycles. The van der Waals surface area contributed by atoms with E-state index in [1.807, 2.05) is 44.3 Å². The average molecular weight is 390 g/mol. The number of amides is 1. The van der Waals surface area contributed by atoms with Gasteiger partial charge in [0.2, 0.25) is 0 Å². The third-order valence-electron chi connectivity index (χ3n) is 4.95. The minimum atomic E-state index is -0.512. The Bertz CT molecular complexity index is 1080. The highest BCUT2D eigenvalue weighted by Crippen LogP contribution is 2.28. The Morgan fingerprint density at radius 1 is 1.21 bits per heavy atom. The zero-order valence-electron chi connectivity index (χ0n) is 16.4. The van der Waals surface area contributed by atoms with Gasteiger partial charge in [0, 0.05) is 42.4 Å². The van der Waals surface area contributed by atoms with Gasteiger partial charge in [0.05, 0.1) is 11.1 Å². The summed E-state index contributed by atoms with van der Waals surface area (Å²) in [6, 6.07) is 11.1. The number of carbonyl (C=O) groups is 2. The number of nitrogens with zero attached hydrogens (tertiary/aromatic N) is 3. The molecule has 7 heteroatoms. The molecule has 3 aromatic rings. The van der Waals surface area contributed by atoms with Crippen molar-refractivity contribution < 1.29 is 14.3 Å². The number of ether oxygens (including phenoxy) is 1. The van der Waals surface area contributed by atoms with E-state index in [2.05, 4.69) is 15.2 Å². The Morgan fingerprint density at radius 2 is 2.03 bits per heavy atom. The van der Waals surface area contributed by atoms with E-state index < -0.39 is 11.9 Å². The van der Waals surface area contributed by atoms with Crippen LogP contribution >= 0.6 is 0 Å². The van der Waals surface area contributed by atoms with Crippen LogP contribution in [-0.4, -0.2) is 46.9 Å². The Kier molecular flexibility index (Phi) is 5.22. The lowest BCUT2D eigenvalue weighted by Crippen LogP contribution is -2.30. The number of pyridine rings is 2. The summed E-state index contributed by atoms with van der Waals surface area (Å²) < 4.78 is 5.37. The minimum absolute atomic E-state index is 0.379. The number of nitrogens with one attached hydrogen (secondary N) is 1. The summed E-state index contributed by atoms with van der Waals surface area (Å²) >= 11 is 0. The molecule has 29 heavy (non-hydrogen) atoms. The zero-order valence-corrected chi connectivity index (χ0v) is 16.4. The third kappa shape index (κ3) is 4.09. The van der Waals surface area contributed by atoms with E-state index >= 15 is 0 Å². The van der Waals surface area contributed by atoms with Crippen LogP contribution in [0.3, 0.4) is 0 Å². The second-order valence-corrected chi connectivity index (χ2v) is 7.26. The van der Waals surface area contributed by atoms with Crippen LogP contribution in [0.25, 0.3) is 10.9 Å². The van der Waals surface area contributed by atoms with Gasteiger partial charge in [0.1, 0.15) is 5.82 Å². The van der Waals surface area contributed by atoms with Gasteiger partial charge >= 0.3 is 5.97 Å². The minimum Gasteiger partial charge on any atom is -0.452 e. The molecule has 4 rings (SSSR count). The molecular weight excluding hydrogens is 368 g/mol. The van der Waals surface area contributed by atoms with Gasteiger partial charge < -0.3 is 15.0 Å². The molecule has 0 aliphatic carbocycles. The fourth-order valence-electron chi connectivity index (χ4n) is 3.48. The van der Waals surface area contributed by atoms with E-state index in [1.54, 1.807) is 12.3 Å². The van der Waals surface area contributed by atoms with Gasteiger partial charge in [-0.1, -0.05) is 24.3 Å². The molecule has 0 radical (unpaired) electrons. The molecule has 2 aromatic heterocycles. The SMILES string of the molecule is Cc1ccc(NC(=O)COC(=O)c2c3c(nc4ccccc24)CCN(C)C3)nc1. The van der Waals surface area contributed by atoms with Crippen LogP contribution in [0.5, 0.6) is 0 Å². The number of aryl methyl sites for hydroxylation is 1. The highest BCUT2D eigenvalue weighted by Gasteiger charge is 2.25. The van der Waals surface area contributed by atoms with Gasteiger partial charge in [-0.2, -0.15) is 0 Å². The zero-order chi connectivity index (χ0) is 20.4. The number of hydrogen-bond donors (Lipinski definition) is 1. The summed E-state index contributed by atoms with van der Waals surface area (Å²) in [5.41, 5.74) is 4.05. The number of para-hydroxylation sites is 1. The van der Waals surface area contributed by atoms with Crippen LogP contribution in [0.2, 0.25) is 0 Å². The van der Waals surface area contributed by atoms with Crippen LogP contribution in [-0.2, 0) is 22.5 Å². The van der Waals surface area contributed by atoms with Gasteiger partial charge in [-0.05, 0) is 31.7 Å². The Morgan fingerprint density at radius 3 is 2.83 bits per heavy atom. The van der Waals surface area contributed by atoms with Crippen molar-refractivity contribution in [3.63, 3.8) is 0 Å². The van der Waals surface area contributed by atoms with E-state index in [-0.39, 0.29) is 6.61 Å². The standard InChI is InChI=1S/C22H22N4O3/c1-14-7-8-19(23-11-14)25-20(27)13-29-22(28)21-15-5-3-4-6-17(15)24-18-9-10-26(2)12-16(18)21/h3-8,11H,9-10,12-13H2,1-2H3,(H,23,25,27). The number of esters is 1. The molecule has 1 aliphatic rings. The second kappa shape index (κ2) is 7.97. The number of carbonyl (C=O) groups excluding carboxylic acids is 2. The molecule has 0 spiro atoms. The molecule has 0 bridgehead atoms. The molecule has 7 nitrogen and oxygen atoms in total. The summed E-state index contributed by atoms with van der Waals surface area (Å²) in [6.07, 6.45) is 2.43. The first kappa shape index (κ1) is 19.0. The second-order valence-electron chi connectivity index (χ2n) is 7.26. The predicted molar refractivity (Wildman–Crippen MR) is 110 cm³/mol. The molecule has 3 heterocycles. The number of likely N-dealkylation sites (N-methyl/N-ethyl adjacent to an activating group) is 1. The Balaban J connectivity index is 1.55. The van der Waals surface area contributed by atoms with Crippen molar-refractivity contribution in [1.29, 1.82) is 0 Å². The number of anilines is 1. The summed E-state index contributed by atoms with van der Waals surface area (Å²) in [5.74, 6) is -0.522. The maximum Gasteiger partial charge on any atom is 0.339 e. The quantitative estimate of drug-likeness (QED) is 0.690. The lowest BCUT2D eigenvalue weighted by molar-refractivity contribution is -0.119. The predicted octanol–water partition coefficient (Wildman–Crippen LogP) is 2.72. The fourth-order valence-corrected chi connectivity index (χ4v) is 3.48. The third-order valence-corrected chi connectivity index (χ3v) is 4.95. The van der Waals surface area contributed by atoms with Crippen molar-refractivity contribution in [2.24, 2.45) is 0 Å². The molecule has 1 N–H and O–H groups in total. The van der Waals surface area contributed by atoms with Crippen LogP contribution in [0.15, 0.2) is 42.6 Å². The van der Waals surface area contributed by atoms with Crippen molar-refractivity contribution in [3.05, 3.63) is 65.0 Å². The van der Waals surface area contributed by atoms with Crippen LogP contribution < -0.4 is 5.32 Å². The highest BCUT2D eigenvalue weighted by molar-refractivity contribution is 6.06. The average Bonchev–Trinajstić information content (AvgIpc) is 2.72. The Labute approximate surface area is 168 Å². The van der Waals surface area contributed by atoms with Crippen molar-refractivity contribution in [1.82, 2.24) is 14.9 Å². The molecule has 0 fully saturated rings. The number of rotatable bonds is 4. The molecule has 0 saturated carbocycles. The van der Waals surface area contributed by atoms with Crippen molar-refractivity contribution in [2.75, 3.05) is 25.5 Å². The van der Waals surface area contributed by atoms with E-state index in [1.165, 1.54) is 0 Å². The molecule has 0 unspecified atom stereocenters. The highest BCUT2D eigenvalue weighted by atomic mass is 16.5. The summed E-state index contributed by atoms with van der Waals surface area (Å²) in [7, 11) is 2.01. The smallest absolute Gasteiger partial charge is 0.339 e. The van der Waals surface area contributed by atoms with Gasteiger partial charge in [-0.3, -0.25) is 9.78 Å². The maximum absolute atomic E-state index is 13.0. The number of hydrogen-bond acceptors (Lipinski definition) is 6. The van der Waals surface area contributed by atoms with Gasteiger partial charge in [0.15, 0.2) is 6.61 Å². The molecule has 1 aliphatic heterocycles. The van der Waals surface area contributed by atoms with Crippen molar-refractivity contribution in [2.45, 2.75) is 19.9 Å². The summed E-state index contributed by atoms with van der Waals surface area (Å²) in [5, 5.41) is 3.38. The van der Waals surface area contributed by atoms with Crippen LogP contribution in [0.1, 0.15) is 27.2 Å². The van der Waals surface area contributed by atoms with E-state index in [4.69, 9.17) is 9.72 Å². The first-order valence-corrected chi connectivity index (χ1v) is 9.50. The Hall–Kier alpha value is -3.32. The van der Waals surface area contributed by atoms with Crippen LogP contribution in [0, 0.1) is 6.92 Å². The van der Waals surface area contributed by atoms with Crippen molar-refractivity contribution >= 4 is 28.6 Å². The lowest BCUT2D eigenvalue weighted by atomic mass is 9.96. The molecule has 1 amide bonds. The fraction of sp³-hybridized carbons (Fsp3) is 0.273. The van der Waals surface area contributed by atoms with Gasteiger partial charge in [0.25, 0.3) is 5.91 Å². The lowest BCUT2D eigenvalue weighted by Gasteiger charge is -2.26. The largest absolute Gasteiger partial charge is 0.452 e. The first-order chi connectivity index (χ1) is 14.0. The first-order valence-electron chi connectivity index (χ1n) is 9.50. The normalized spacial score (nSPS) is 13.7. The topological polar surface area (TPSA) is 84.4 Å². The number of fused-ring (bicyclic) bond motifs is 2. The van der Waals surface area contributed by atoms with E-state index in [0.717, 1.165) is 40.7 Å². The number of aromatic nitrogens is 2. The van der Waals surface area contributed by atoms with E-state index in [0.29, 0.717) is 17.9 Å². The van der Waals surface area contributed by atoms with Gasteiger partial charge in [-0.15, -0.1) is 0 Å². The van der Waals surface area contributed by atoms with Crippen LogP contribution in [0.4, 0.5) is 5.82 Å². The summed E-state index contributed by atoms with van der Waals surface area (Å²) in [4.78, 5) is 36.2. The van der Waals surface area contributed by atoms with Gasteiger partial charge in [-0.25, -0.2) is 9.78 Å².